The van der Waals surface area contributed by atoms with Crippen molar-refractivity contribution in [3.05, 3.63) is 107 Å². The van der Waals surface area contributed by atoms with E-state index in [1.54, 1.807) is 0 Å². The third kappa shape index (κ3) is 9.41. The molecule has 17 heteroatoms. The number of amides is 2. The van der Waals surface area contributed by atoms with Crippen LogP contribution in [0, 0.1) is 28.4 Å². The molecular weight excluding hydrogens is 586 g/mol. The molecule has 43 heavy (non-hydrogen) atoms. The SMILES string of the molecule is N=N/N=C(\N)NC(=O)c1ccc(CN/C(=C\C(=N)c2cc(F)c(F)c(F)c2)C(=O)Nc2ccc(OC(F)(F)F)cc2)cc1. The summed E-state index contributed by atoms with van der Waals surface area (Å²) in [6, 6.07) is 11.0. The minimum Gasteiger partial charge on any atom is -0.406 e. The molecule has 0 saturated heterocycles. The van der Waals surface area contributed by atoms with Crippen LogP contribution in [0.2, 0.25) is 0 Å². The van der Waals surface area contributed by atoms with Crippen molar-refractivity contribution in [3.8, 4) is 5.75 Å². The molecule has 0 saturated carbocycles. The van der Waals surface area contributed by atoms with E-state index in [0.29, 0.717) is 17.7 Å². The van der Waals surface area contributed by atoms with Crippen LogP contribution in [0.4, 0.5) is 32.0 Å². The van der Waals surface area contributed by atoms with Crippen molar-refractivity contribution in [2.45, 2.75) is 12.9 Å². The topological polar surface area (TPSA) is 178 Å². The van der Waals surface area contributed by atoms with Gasteiger partial charge in [0, 0.05) is 23.4 Å². The normalized spacial score (nSPS) is 11.9. The summed E-state index contributed by atoms with van der Waals surface area (Å²) in [6.45, 7) is -0.0831. The minimum absolute atomic E-state index is 0.0361. The lowest BCUT2D eigenvalue weighted by Gasteiger charge is -2.14. The smallest absolute Gasteiger partial charge is 0.406 e. The number of guanidine groups is 1. The van der Waals surface area contributed by atoms with Crippen LogP contribution in [0.15, 0.2) is 82.8 Å². The number of nitrogens with one attached hydrogen (secondary N) is 5. The summed E-state index contributed by atoms with van der Waals surface area (Å²) >= 11 is 0. The average molecular weight is 606 g/mol. The number of hydrogen-bond donors (Lipinski definition) is 6. The van der Waals surface area contributed by atoms with Crippen molar-refractivity contribution < 1.29 is 40.7 Å². The fourth-order valence-electron chi connectivity index (χ4n) is 3.31. The van der Waals surface area contributed by atoms with E-state index < -0.39 is 58.6 Å². The van der Waals surface area contributed by atoms with Gasteiger partial charge in [0.05, 0.1) is 5.71 Å². The zero-order valence-electron chi connectivity index (χ0n) is 21.5. The maximum atomic E-state index is 13.7. The molecule has 0 atom stereocenters. The van der Waals surface area contributed by atoms with Gasteiger partial charge in [0.15, 0.2) is 17.5 Å². The summed E-state index contributed by atoms with van der Waals surface area (Å²) in [5.74, 6) is -7.35. The molecule has 0 bridgehead atoms. The standard InChI is InChI=1S/C26H20F6N8O3/c27-18-9-15(10-19(28)22(18)29)20(33)11-21(24(42)37-16-5-7-17(8-6-16)43-26(30,31)32)36-12-13-1-3-14(4-2-13)23(41)38-25(34)39-40-35/h1-11,33,36H,12H2,(H,37,42)(H4,34,35,38,39,41)/b21-11-,33-20?. The van der Waals surface area contributed by atoms with E-state index in [0.717, 1.165) is 30.3 Å². The maximum Gasteiger partial charge on any atom is 0.573 e. The Morgan fingerprint density at radius 2 is 1.56 bits per heavy atom. The highest BCUT2D eigenvalue weighted by Gasteiger charge is 2.31. The van der Waals surface area contributed by atoms with Gasteiger partial charge in [-0.1, -0.05) is 17.2 Å². The maximum absolute atomic E-state index is 13.7. The number of carbonyl (C=O) groups excluding carboxylic acids is 2. The molecule has 2 amide bonds. The summed E-state index contributed by atoms with van der Waals surface area (Å²) in [5.41, 5.74) is 11.4. The molecule has 7 N–H and O–H groups in total. The van der Waals surface area contributed by atoms with Gasteiger partial charge in [-0.25, -0.2) is 13.2 Å². The second-order valence-corrected chi connectivity index (χ2v) is 8.34. The molecule has 11 nitrogen and oxygen atoms in total. The Morgan fingerprint density at radius 1 is 0.953 bits per heavy atom. The van der Waals surface area contributed by atoms with E-state index in [2.05, 4.69) is 31.0 Å². The number of alkyl halides is 3. The molecule has 224 valence electrons. The quantitative estimate of drug-likeness (QED) is 0.0373. The van der Waals surface area contributed by atoms with E-state index in [-0.39, 0.29) is 23.5 Å². The van der Waals surface area contributed by atoms with Crippen LogP contribution in [-0.2, 0) is 11.3 Å². The van der Waals surface area contributed by atoms with E-state index in [1.165, 1.54) is 24.3 Å². The molecule has 3 aromatic rings. The molecule has 0 aliphatic heterocycles. The zero-order valence-corrected chi connectivity index (χ0v) is 21.5. The van der Waals surface area contributed by atoms with Crippen molar-refractivity contribution in [2.75, 3.05) is 5.32 Å². The van der Waals surface area contributed by atoms with E-state index >= 15 is 0 Å². The van der Waals surface area contributed by atoms with Crippen molar-refractivity contribution in [3.63, 3.8) is 0 Å². The molecule has 0 aromatic heterocycles. The Hall–Kier alpha value is -5.74. The summed E-state index contributed by atoms with van der Waals surface area (Å²) in [5, 5.41) is 21.4. The number of halogens is 6. The number of rotatable bonds is 10. The van der Waals surface area contributed by atoms with Crippen LogP contribution in [0.25, 0.3) is 0 Å². The number of ether oxygens (including phenoxy) is 1. The molecule has 0 radical (unpaired) electrons. The Balaban J connectivity index is 1.82. The highest BCUT2D eigenvalue weighted by atomic mass is 19.4. The van der Waals surface area contributed by atoms with Crippen molar-refractivity contribution in [1.82, 2.24) is 10.6 Å². The lowest BCUT2D eigenvalue weighted by Crippen LogP contribution is -2.36. The summed E-state index contributed by atoms with van der Waals surface area (Å²) in [7, 11) is 0. The van der Waals surface area contributed by atoms with Crippen LogP contribution >= 0.6 is 0 Å². The van der Waals surface area contributed by atoms with Gasteiger partial charge in [-0.2, -0.15) is 5.53 Å². The van der Waals surface area contributed by atoms with Gasteiger partial charge >= 0.3 is 6.36 Å². The number of nitrogens with two attached hydrogens (primary N) is 1. The first kappa shape index (κ1) is 31.8. The highest BCUT2D eigenvalue weighted by molar-refractivity contribution is 6.13. The lowest BCUT2D eigenvalue weighted by molar-refractivity contribution is -0.274. The van der Waals surface area contributed by atoms with Gasteiger partial charge in [0.1, 0.15) is 11.4 Å². The first-order valence-electron chi connectivity index (χ1n) is 11.7. The average Bonchev–Trinajstić information content (AvgIpc) is 2.94. The van der Waals surface area contributed by atoms with E-state index in [4.69, 9.17) is 16.7 Å². The van der Waals surface area contributed by atoms with Crippen molar-refractivity contribution in [2.24, 2.45) is 16.1 Å². The second-order valence-electron chi connectivity index (χ2n) is 8.34. The molecule has 0 aliphatic rings. The molecule has 0 unspecified atom stereocenters. The monoisotopic (exact) mass is 606 g/mol. The molecule has 0 spiro atoms. The predicted molar refractivity (Wildman–Crippen MR) is 141 cm³/mol. The minimum atomic E-state index is -4.92. The Bertz CT molecular complexity index is 1570. The Morgan fingerprint density at radius 3 is 2.12 bits per heavy atom. The van der Waals surface area contributed by atoms with Crippen LogP contribution in [0.3, 0.4) is 0 Å². The second kappa shape index (κ2) is 13.7. The third-order valence-electron chi connectivity index (χ3n) is 5.27. The third-order valence-corrected chi connectivity index (χ3v) is 5.27. The van der Waals surface area contributed by atoms with Gasteiger partial charge in [0.25, 0.3) is 11.8 Å². The zero-order chi connectivity index (χ0) is 31.7. The van der Waals surface area contributed by atoms with Gasteiger partial charge in [-0.3, -0.25) is 14.9 Å². The van der Waals surface area contributed by atoms with Gasteiger partial charge in [-0.05, 0) is 65.4 Å². The van der Waals surface area contributed by atoms with Crippen LogP contribution in [0.5, 0.6) is 5.75 Å². The van der Waals surface area contributed by atoms with E-state index in [1.807, 2.05) is 0 Å². The first-order chi connectivity index (χ1) is 20.3. The largest absolute Gasteiger partial charge is 0.573 e. The van der Waals surface area contributed by atoms with Gasteiger partial charge < -0.3 is 26.5 Å². The summed E-state index contributed by atoms with van der Waals surface area (Å²) in [6.07, 6.45) is -4.02. The Labute approximate surface area is 238 Å². The molecule has 0 fully saturated rings. The van der Waals surface area contributed by atoms with E-state index in [9.17, 15) is 35.9 Å². The van der Waals surface area contributed by atoms with Gasteiger partial charge in [0.2, 0.25) is 5.96 Å². The molecule has 3 rings (SSSR count). The van der Waals surface area contributed by atoms with Crippen LogP contribution in [-0.4, -0.2) is 29.8 Å². The summed E-state index contributed by atoms with van der Waals surface area (Å²) < 4.78 is 81.9. The number of benzene rings is 3. The Kier molecular flexibility index (Phi) is 10.2. The van der Waals surface area contributed by atoms with Gasteiger partial charge in [-0.15, -0.1) is 13.2 Å². The predicted octanol–water partition coefficient (Wildman–Crippen LogP) is 4.67. The van der Waals surface area contributed by atoms with Crippen LogP contribution in [0.1, 0.15) is 21.5 Å². The lowest BCUT2D eigenvalue weighted by atomic mass is 10.1. The fraction of sp³-hybridized carbons (Fsp3) is 0.0769. The van der Waals surface area contributed by atoms with Crippen LogP contribution < -0.4 is 26.4 Å². The van der Waals surface area contributed by atoms with Crippen molar-refractivity contribution >= 4 is 29.2 Å². The van der Waals surface area contributed by atoms with Crippen molar-refractivity contribution in [1.29, 1.82) is 10.9 Å². The molecule has 0 heterocycles. The highest BCUT2D eigenvalue weighted by Crippen LogP contribution is 2.24. The summed E-state index contributed by atoms with van der Waals surface area (Å²) in [4.78, 5) is 25.2. The number of anilines is 1. The molecule has 0 aliphatic carbocycles. The molecular formula is C26H20F6N8O3. The number of nitrogens with zero attached hydrogens (tertiary/aromatic N) is 2. The number of carbonyl (C=O) groups is 2. The molecule has 3 aromatic carbocycles. The number of allylic oxidation sites excluding steroid dienone is 1. The first-order valence-corrected chi connectivity index (χ1v) is 11.7. The fourth-order valence-corrected chi connectivity index (χ4v) is 3.31. The number of hydrogen-bond acceptors (Lipinski definition) is 7.